The van der Waals surface area contributed by atoms with Crippen molar-refractivity contribution in [1.29, 1.82) is 0 Å². The average Bonchev–Trinajstić information content (AvgIpc) is 2.39. The highest BCUT2D eigenvalue weighted by Crippen LogP contribution is 2.22. The molecule has 1 unspecified atom stereocenters. The van der Waals surface area contributed by atoms with E-state index in [-0.39, 0.29) is 12.7 Å². The Morgan fingerprint density at radius 3 is 3.06 bits per heavy atom. The first-order valence-corrected chi connectivity index (χ1v) is 7.08. The molecule has 1 aromatic rings. The molecule has 2 rings (SSSR count). The van der Waals surface area contributed by atoms with E-state index in [4.69, 9.17) is 4.74 Å². The third-order valence-corrected chi connectivity index (χ3v) is 3.63. The molecule has 1 aliphatic heterocycles. The molecule has 0 aromatic carbocycles. The molecule has 5 heteroatoms. The topological polar surface area (TPSA) is 45.6 Å². The normalized spacial score (nSPS) is 19.8. The fraction of sp³-hybridized carbons (Fsp3) is 0.615. The number of aliphatic hydroxyl groups is 1. The second-order valence-electron chi connectivity index (χ2n) is 4.66. The predicted octanol–water partition coefficient (Wildman–Crippen LogP) is 2.34. The molecule has 1 atom stereocenters. The van der Waals surface area contributed by atoms with Gasteiger partial charge in [-0.25, -0.2) is 4.98 Å². The lowest BCUT2D eigenvalue weighted by atomic mass is 10.1. The van der Waals surface area contributed by atoms with Gasteiger partial charge in [0.25, 0.3) is 0 Å². The predicted molar refractivity (Wildman–Crippen MR) is 74.7 cm³/mol. The Bertz CT molecular complexity index is 395. The zero-order chi connectivity index (χ0) is 13.0. The Hall–Kier alpha value is -0.650. The lowest BCUT2D eigenvalue weighted by Crippen LogP contribution is -2.34. The van der Waals surface area contributed by atoms with Crippen molar-refractivity contribution in [3.63, 3.8) is 0 Å². The number of ether oxygens (including phenoxy) is 1. The fourth-order valence-corrected chi connectivity index (χ4v) is 2.66. The van der Waals surface area contributed by atoms with Crippen LogP contribution in [0, 0.1) is 0 Å². The Morgan fingerprint density at radius 2 is 2.39 bits per heavy atom. The summed E-state index contributed by atoms with van der Waals surface area (Å²) in [5.41, 5.74) is 0.836. The van der Waals surface area contributed by atoms with Crippen molar-refractivity contribution in [1.82, 2.24) is 4.98 Å². The molecule has 0 saturated carbocycles. The summed E-state index contributed by atoms with van der Waals surface area (Å²) >= 11 is 3.37. The summed E-state index contributed by atoms with van der Waals surface area (Å²) in [5, 5.41) is 9.38. The molecule has 1 N–H and O–H groups in total. The quantitative estimate of drug-likeness (QED) is 0.926. The van der Waals surface area contributed by atoms with E-state index in [2.05, 4.69) is 25.8 Å². The monoisotopic (exact) mass is 314 g/mol. The van der Waals surface area contributed by atoms with Gasteiger partial charge in [-0.1, -0.05) is 0 Å². The van der Waals surface area contributed by atoms with Gasteiger partial charge in [-0.3, -0.25) is 0 Å². The van der Waals surface area contributed by atoms with E-state index in [1.54, 1.807) is 6.20 Å². The van der Waals surface area contributed by atoms with Crippen LogP contribution in [0.2, 0.25) is 0 Å². The van der Waals surface area contributed by atoms with Crippen LogP contribution in [0.25, 0.3) is 0 Å². The maximum Gasteiger partial charge on any atom is 0.133 e. The fourth-order valence-electron chi connectivity index (χ4n) is 2.28. The number of nitrogens with zero attached hydrogens (tertiary/aromatic N) is 2. The second kappa shape index (κ2) is 6.50. The van der Waals surface area contributed by atoms with Gasteiger partial charge in [0.2, 0.25) is 0 Å². The van der Waals surface area contributed by atoms with Crippen LogP contribution in [0.3, 0.4) is 0 Å². The van der Waals surface area contributed by atoms with Crippen LogP contribution in [-0.4, -0.2) is 36.4 Å². The van der Waals surface area contributed by atoms with Gasteiger partial charge in [0.05, 0.1) is 12.7 Å². The number of anilines is 1. The Labute approximate surface area is 116 Å². The molecule has 1 aromatic heterocycles. The summed E-state index contributed by atoms with van der Waals surface area (Å²) in [5.74, 6) is 0.829. The standard InChI is InChI=1S/C13H19BrN2O2/c1-16(8-12-4-2-3-5-18-12)13-10(9-17)6-11(14)7-15-13/h6-7,12,17H,2-5,8-9H2,1H3. The van der Waals surface area contributed by atoms with Crippen molar-refractivity contribution >= 4 is 21.7 Å². The summed E-state index contributed by atoms with van der Waals surface area (Å²) in [6, 6.07) is 1.90. The van der Waals surface area contributed by atoms with E-state index in [0.717, 1.165) is 35.4 Å². The van der Waals surface area contributed by atoms with Crippen LogP contribution in [0.15, 0.2) is 16.7 Å². The minimum Gasteiger partial charge on any atom is -0.392 e. The number of hydrogen-bond acceptors (Lipinski definition) is 4. The molecule has 1 aliphatic rings. The van der Waals surface area contributed by atoms with Gasteiger partial charge in [0.1, 0.15) is 5.82 Å². The summed E-state index contributed by atoms with van der Waals surface area (Å²) in [6.45, 7) is 1.68. The van der Waals surface area contributed by atoms with Gasteiger partial charge in [0, 0.05) is 36.4 Å². The van der Waals surface area contributed by atoms with Crippen LogP contribution >= 0.6 is 15.9 Å². The number of hydrogen-bond donors (Lipinski definition) is 1. The van der Waals surface area contributed by atoms with Gasteiger partial charge in [-0.2, -0.15) is 0 Å². The number of rotatable bonds is 4. The minimum absolute atomic E-state index is 0.00234. The molecule has 1 fully saturated rings. The number of likely N-dealkylation sites (N-methyl/N-ethyl adjacent to an activating group) is 1. The van der Waals surface area contributed by atoms with Crippen molar-refractivity contribution in [2.75, 3.05) is 25.1 Å². The maximum atomic E-state index is 9.38. The first kappa shape index (κ1) is 13.8. The average molecular weight is 315 g/mol. The molecular weight excluding hydrogens is 296 g/mol. The zero-order valence-corrected chi connectivity index (χ0v) is 12.2. The lowest BCUT2D eigenvalue weighted by molar-refractivity contribution is 0.0215. The largest absolute Gasteiger partial charge is 0.392 e. The van der Waals surface area contributed by atoms with E-state index in [9.17, 15) is 5.11 Å². The Morgan fingerprint density at radius 1 is 1.56 bits per heavy atom. The number of pyridine rings is 1. The molecule has 1 saturated heterocycles. The first-order chi connectivity index (χ1) is 8.70. The third kappa shape index (κ3) is 3.43. The smallest absolute Gasteiger partial charge is 0.133 e. The Balaban J connectivity index is 2.05. The van der Waals surface area contributed by atoms with Crippen molar-refractivity contribution in [3.05, 3.63) is 22.3 Å². The second-order valence-corrected chi connectivity index (χ2v) is 5.58. The van der Waals surface area contributed by atoms with E-state index in [1.165, 1.54) is 12.8 Å². The highest BCUT2D eigenvalue weighted by atomic mass is 79.9. The van der Waals surface area contributed by atoms with Crippen molar-refractivity contribution in [2.24, 2.45) is 0 Å². The maximum absolute atomic E-state index is 9.38. The van der Waals surface area contributed by atoms with Crippen molar-refractivity contribution < 1.29 is 9.84 Å². The summed E-state index contributed by atoms with van der Waals surface area (Å²) < 4.78 is 6.61. The molecule has 18 heavy (non-hydrogen) atoms. The molecule has 0 aliphatic carbocycles. The molecule has 0 amide bonds. The zero-order valence-electron chi connectivity index (χ0n) is 10.6. The first-order valence-electron chi connectivity index (χ1n) is 6.28. The van der Waals surface area contributed by atoms with E-state index in [0.29, 0.717) is 0 Å². The van der Waals surface area contributed by atoms with Crippen LogP contribution in [0.4, 0.5) is 5.82 Å². The van der Waals surface area contributed by atoms with Gasteiger partial charge in [-0.15, -0.1) is 0 Å². The van der Waals surface area contributed by atoms with Gasteiger partial charge in [-0.05, 0) is 41.3 Å². The summed E-state index contributed by atoms with van der Waals surface area (Å²) in [4.78, 5) is 6.44. The highest BCUT2D eigenvalue weighted by Gasteiger charge is 2.18. The molecule has 4 nitrogen and oxygen atoms in total. The SMILES string of the molecule is CN(CC1CCCCO1)c1ncc(Br)cc1CO. The van der Waals surface area contributed by atoms with Gasteiger partial charge < -0.3 is 14.7 Å². The Kier molecular flexibility index (Phi) is 4.97. The van der Waals surface area contributed by atoms with Crippen molar-refractivity contribution in [3.8, 4) is 0 Å². The number of aromatic nitrogens is 1. The molecule has 2 heterocycles. The molecule has 0 spiro atoms. The van der Waals surface area contributed by atoms with Gasteiger partial charge >= 0.3 is 0 Å². The van der Waals surface area contributed by atoms with E-state index < -0.39 is 0 Å². The molecule has 0 radical (unpaired) electrons. The van der Waals surface area contributed by atoms with Crippen LogP contribution in [0.5, 0.6) is 0 Å². The molecule has 0 bridgehead atoms. The molecular formula is C13H19BrN2O2. The summed E-state index contributed by atoms with van der Waals surface area (Å²) in [6.07, 6.45) is 5.54. The van der Waals surface area contributed by atoms with Crippen molar-refractivity contribution in [2.45, 2.75) is 32.0 Å². The third-order valence-electron chi connectivity index (χ3n) is 3.19. The summed E-state index contributed by atoms with van der Waals surface area (Å²) in [7, 11) is 1.99. The number of aliphatic hydroxyl groups excluding tert-OH is 1. The van der Waals surface area contributed by atoms with Crippen LogP contribution in [-0.2, 0) is 11.3 Å². The minimum atomic E-state index is -0.00234. The molecule has 100 valence electrons. The highest BCUT2D eigenvalue weighted by molar-refractivity contribution is 9.10. The number of halogens is 1. The van der Waals surface area contributed by atoms with Crippen LogP contribution < -0.4 is 4.90 Å². The van der Waals surface area contributed by atoms with Crippen LogP contribution in [0.1, 0.15) is 24.8 Å². The van der Waals surface area contributed by atoms with E-state index >= 15 is 0 Å². The van der Waals surface area contributed by atoms with Gasteiger partial charge in [0.15, 0.2) is 0 Å². The lowest BCUT2D eigenvalue weighted by Gasteiger charge is -2.29. The van der Waals surface area contributed by atoms with E-state index in [1.807, 2.05) is 13.1 Å².